The van der Waals surface area contributed by atoms with E-state index in [9.17, 15) is 9.90 Å². The Hall–Kier alpha value is -1.53. The quantitative estimate of drug-likeness (QED) is 0.841. The highest BCUT2D eigenvalue weighted by Gasteiger charge is 2.43. The van der Waals surface area contributed by atoms with Crippen LogP contribution in [0.2, 0.25) is 0 Å². The number of hydrogen-bond donors (Lipinski definition) is 2. The summed E-state index contributed by atoms with van der Waals surface area (Å²) in [6, 6.07) is 0. The highest BCUT2D eigenvalue weighted by molar-refractivity contribution is 5.87. The molecular formula is C13H17N3O3. The van der Waals surface area contributed by atoms with Gasteiger partial charge in [-0.1, -0.05) is 0 Å². The maximum absolute atomic E-state index is 11.4. The topological polar surface area (TPSA) is 84.3 Å². The van der Waals surface area contributed by atoms with Gasteiger partial charge in [0.2, 0.25) is 0 Å². The van der Waals surface area contributed by atoms with E-state index in [-0.39, 0.29) is 5.69 Å². The monoisotopic (exact) mass is 263 g/mol. The minimum Gasteiger partial charge on any atom is -0.476 e. The van der Waals surface area contributed by atoms with Crippen LogP contribution in [0.4, 0.5) is 0 Å². The summed E-state index contributed by atoms with van der Waals surface area (Å²) in [7, 11) is 1.64. The van der Waals surface area contributed by atoms with E-state index in [1.54, 1.807) is 7.11 Å². The first-order valence-corrected chi connectivity index (χ1v) is 6.56. The SMILES string of the molecule is COC1(c2nc3c(c(C(=O)O)n2)CNCC3)CCC1. The maximum atomic E-state index is 11.4. The molecule has 1 aliphatic carbocycles. The summed E-state index contributed by atoms with van der Waals surface area (Å²) < 4.78 is 5.55. The summed E-state index contributed by atoms with van der Waals surface area (Å²) in [5.41, 5.74) is 1.22. The first-order chi connectivity index (χ1) is 9.16. The average molecular weight is 263 g/mol. The first kappa shape index (κ1) is 12.5. The summed E-state index contributed by atoms with van der Waals surface area (Å²) >= 11 is 0. The minimum absolute atomic E-state index is 0.121. The number of aromatic carboxylic acids is 1. The van der Waals surface area contributed by atoms with Gasteiger partial charge in [0.05, 0.1) is 5.69 Å². The van der Waals surface area contributed by atoms with E-state index >= 15 is 0 Å². The van der Waals surface area contributed by atoms with E-state index in [4.69, 9.17) is 4.74 Å². The third-order valence-corrected chi connectivity index (χ3v) is 4.10. The van der Waals surface area contributed by atoms with Crippen LogP contribution in [0.1, 0.15) is 46.8 Å². The van der Waals surface area contributed by atoms with Crippen molar-refractivity contribution in [2.24, 2.45) is 0 Å². The number of fused-ring (bicyclic) bond motifs is 1. The van der Waals surface area contributed by atoms with Crippen molar-refractivity contribution in [3.8, 4) is 0 Å². The Morgan fingerprint density at radius 1 is 1.42 bits per heavy atom. The molecule has 0 saturated heterocycles. The van der Waals surface area contributed by atoms with E-state index in [0.29, 0.717) is 17.9 Å². The van der Waals surface area contributed by atoms with Crippen LogP contribution in [0.5, 0.6) is 0 Å². The molecule has 1 saturated carbocycles. The van der Waals surface area contributed by atoms with Gasteiger partial charge in [0, 0.05) is 32.2 Å². The Bertz CT molecular complexity index is 521. The largest absolute Gasteiger partial charge is 0.476 e. The summed E-state index contributed by atoms with van der Waals surface area (Å²) in [4.78, 5) is 20.2. The van der Waals surface area contributed by atoms with Crippen LogP contribution in [-0.4, -0.2) is 34.7 Å². The molecule has 2 aliphatic rings. The molecule has 0 aromatic carbocycles. The highest BCUT2D eigenvalue weighted by Crippen LogP contribution is 2.43. The lowest BCUT2D eigenvalue weighted by Crippen LogP contribution is -2.40. The van der Waals surface area contributed by atoms with Gasteiger partial charge in [-0.3, -0.25) is 0 Å². The van der Waals surface area contributed by atoms with Crippen LogP contribution in [0.15, 0.2) is 0 Å². The Balaban J connectivity index is 2.11. The smallest absolute Gasteiger partial charge is 0.354 e. The Kier molecular flexibility index (Phi) is 2.99. The van der Waals surface area contributed by atoms with E-state index in [2.05, 4.69) is 15.3 Å². The second kappa shape index (κ2) is 4.54. The fraction of sp³-hybridized carbons (Fsp3) is 0.615. The van der Waals surface area contributed by atoms with Crippen molar-refractivity contribution in [1.29, 1.82) is 0 Å². The van der Waals surface area contributed by atoms with Crippen LogP contribution in [-0.2, 0) is 23.3 Å². The average Bonchev–Trinajstić information content (AvgIpc) is 2.37. The molecule has 3 rings (SSSR count). The number of nitrogens with zero attached hydrogens (tertiary/aromatic N) is 2. The van der Waals surface area contributed by atoms with Crippen LogP contribution in [0.3, 0.4) is 0 Å². The molecule has 0 unspecified atom stereocenters. The number of carboxylic acids is 1. The first-order valence-electron chi connectivity index (χ1n) is 6.56. The number of carboxylic acid groups (broad SMARTS) is 1. The number of nitrogens with one attached hydrogen (secondary N) is 1. The fourth-order valence-corrected chi connectivity index (χ4v) is 2.74. The molecule has 0 atom stereocenters. The van der Waals surface area contributed by atoms with Gasteiger partial charge in [-0.2, -0.15) is 0 Å². The number of hydrogen-bond acceptors (Lipinski definition) is 5. The lowest BCUT2D eigenvalue weighted by atomic mass is 9.79. The van der Waals surface area contributed by atoms with E-state index in [1.807, 2.05) is 0 Å². The standard InChI is InChI=1S/C13H17N3O3/c1-19-13(4-2-5-13)12-15-9-3-6-14-7-8(9)10(16-12)11(17)18/h14H,2-7H2,1H3,(H,17,18). The zero-order valence-electron chi connectivity index (χ0n) is 10.9. The summed E-state index contributed by atoms with van der Waals surface area (Å²) in [6.07, 6.45) is 3.53. The van der Waals surface area contributed by atoms with Crippen molar-refractivity contribution in [2.45, 2.75) is 37.8 Å². The van der Waals surface area contributed by atoms with Crippen LogP contribution >= 0.6 is 0 Å². The van der Waals surface area contributed by atoms with E-state index in [0.717, 1.165) is 37.9 Å². The second-order valence-corrected chi connectivity index (χ2v) is 5.10. The Morgan fingerprint density at radius 3 is 2.79 bits per heavy atom. The molecule has 6 heteroatoms. The van der Waals surface area contributed by atoms with Crippen molar-refractivity contribution in [1.82, 2.24) is 15.3 Å². The number of rotatable bonds is 3. The van der Waals surface area contributed by atoms with Gasteiger partial charge in [-0.05, 0) is 19.3 Å². The molecule has 1 fully saturated rings. The number of ether oxygens (including phenoxy) is 1. The Morgan fingerprint density at radius 2 is 2.21 bits per heavy atom. The predicted molar refractivity (Wildman–Crippen MR) is 66.9 cm³/mol. The van der Waals surface area contributed by atoms with Gasteiger partial charge in [0.25, 0.3) is 0 Å². The molecule has 19 heavy (non-hydrogen) atoms. The second-order valence-electron chi connectivity index (χ2n) is 5.10. The molecule has 1 aromatic rings. The number of methoxy groups -OCH3 is 1. The zero-order valence-corrected chi connectivity index (χ0v) is 10.9. The van der Waals surface area contributed by atoms with Gasteiger partial charge in [0.15, 0.2) is 11.5 Å². The molecule has 0 spiro atoms. The predicted octanol–water partition coefficient (Wildman–Crippen LogP) is 0.846. The third-order valence-electron chi connectivity index (χ3n) is 4.10. The fourth-order valence-electron chi connectivity index (χ4n) is 2.74. The summed E-state index contributed by atoms with van der Waals surface area (Å²) in [6.45, 7) is 1.35. The van der Waals surface area contributed by atoms with Gasteiger partial charge in [0.1, 0.15) is 5.60 Å². The maximum Gasteiger partial charge on any atom is 0.354 e. The van der Waals surface area contributed by atoms with E-state index < -0.39 is 11.6 Å². The van der Waals surface area contributed by atoms with Crippen molar-refractivity contribution < 1.29 is 14.6 Å². The molecule has 0 bridgehead atoms. The third kappa shape index (κ3) is 1.91. The van der Waals surface area contributed by atoms with E-state index in [1.165, 1.54) is 0 Å². The molecule has 1 aromatic heterocycles. The minimum atomic E-state index is -0.992. The highest BCUT2D eigenvalue weighted by atomic mass is 16.5. The van der Waals surface area contributed by atoms with Crippen LogP contribution in [0.25, 0.3) is 0 Å². The summed E-state index contributed by atoms with van der Waals surface area (Å²) in [5.74, 6) is -0.450. The molecule has 102 valence electrons. The van der Waals surface area contributed by atoms with Crippen molar-refractivity contribution in [3.63, 3.8) is 0 Å². The molecule has 2 heterocycles. The molecular weight excluding hydrogens is 246 g/mol. The van der Waals surface area contributed by atoms with Crippen LogP contribution in [0, 0.1) is 0 Å². The molecule has 6 nitrogen and oxygen atoms in total. The summed E-state index contributed by atoms with van der Waals surface area (Å²) in [5, 5.41) is 12.5. The van der Waals surface area contributed by atoms with Crippen molar-refractivity contribution >= 4 is 5.97 Å². The van der Waals surface area contributed by atoms with Crippen molar-refractivity contribution in [3.05, 3.63) is 22.8 Å². The number of carbonyl (C=O) groups is 1. The zero-order chi connectivity index (χ0) is 13.5. The van der Waals surface area contributed by atoms with Gasteiger partial charge in [-0.15, -0.1) is 0 Å². The molecule has 1 aliphatic heterocycles. The van der Waals surface area contributed by atoms with Crippen LogP contribution < -0.4 is 5.32 Å². The Labute approximate surface area is 111 Å². The molecule has 2 N–H and O–H groups in total. The lowest BCUT2D eigenvalue weighted by Gasteiger charge is -2.39. The normalized spacial score (nSPS) is 20.5. The van der Waals surface area contributed by atoms with Gasteiger partial charge < -0.3 is 15.2 Å². The number of aromatic nitrogens is 2. The molecule has 0 radical (unpaired) electrons. The van der Waals surface area contributed by atoms with Gasteiger partial charge in [-0.25, -0.2) is 14.8 Å². The van der Waals surface area contributed by atoms with Gasteiger partial charge >= 0.3 is 5.97 Å². The molecule has 0 amide bonds. The lowest BCUT2D eigenvalue weighted by molar-refractivity contribution is -0.0849. The van der Waals surface area contributed by atoms with Crippen molar-refractivity contribution in [2.75, 3.05) is 13.7 Å².